The number of carbonyl (C=O) groups excluding carboxylic acids is 1. The molecule has 0 radical (unpaired) electrons. The number of para-hydroxylation sites is 2. The van der Waals surface area contributed by atoms with E-state index in [1.54, 1.807) is 24.3 Å². The van der Waals surface area contributed by atoms with Crippen molar-refractivity contribution in [3.63, 3.8) is 0 Å². The van der Waals surface area contributed by atoms with Crippen molar-refractivity contribution in [1.82, 2.24) is 4.72 Å². The molecule has 168 valence electrons. The van der Waals surface area contributed by atoms with Gasteiger partial charge in [-0.1, -0.05) is 42.0 Å². The first-order valence-corrected chi connectivity index (χ1v) is 11.6. The van der Waals surface area contributed by atoms with E-state index in [1.807, 2.05) is 38.1 Å². The molecule has 0 fully saturated rings. The lowest BCUT2D eigenvalue weighted by Gasteiger charge is -2.21. The van der Waals surface area contributed by atoms with E-state index in [1.165, 1.54) is 11.9 Å². The molecule has 32 heavy (non-hydrogen) atoms. The Balaban J connectivity index is 1.86. The first kappa shape index (κ1) is 23.4. The largest absolute Gasteiger partial charge is 0.492 e. The molecule has 1 amide bonds. The van der Waals surface area contributed by atoms with Gasteiger partial charge in [-0.2, -0.15) is 0 Å². The second-order valence-electron chi connectivity index (χ2n) is 7.22. The number of sulfonamides is 1. The molecule has 0 spiro atoms. The molecule has 0 unspecified atom stereocenters. The monoisotopic (exact) mass is 456 g/mol. The molecule has 8 heteroatoms. The van der Waals surface area contributed by atoms with Crippen LogP contribution in [0.3, 0.4) is 0 Å². The molecular formula is C24H25FN2O4S. The van der Waals surface area contributed by atoms with E-state index < -0.39 is 21.7 Å². The van der Waals surface area contributed by atoms with Gasteiger partial charge in [-0.05, 0) is 49.7 Å². The highest BCUT2D eigenvalue weighted by Crippen LogP contribution is 2.29. The number of carbonyl (C=O) groups is 1. The SMILES string of the molecule is CCOc1ccccc1N(C)C(=O)c1cc(S(=O)(=O)NCc2ccc(C)cc2)ccc1F. The molecule has 0 aromatic heterocycles. The second kappa shape index (κ2) is 9.93. The maximum absolute atomic E-state index is 14.5. The molecule has 0 aliphatic carbocycles. The number of nitrogens with one attached hydrogen (secondary N) is 1. The third-order valence-corrected chi connectivity index (χ3v) is 6.30. The van der Waals surface area contributed by atoms with Gasteiger partial charge < -0.3 is 9.64 Å². The van der Waals surface area contributed by atoms with Gasteiger partial charge in [0, 0.05) is 13.6 Å². The van der Waals surface area contributed by atoms with Crippen LogP contribution in [0.2, 0.25) is 0 Å². The van der Waals surface area contributed by atoms with Gasteiger partial charge in [-0.15, -0.1) is 0 Å². The molecule has 0 bridgehead atoms. The Hall–Kier alpha value is -3.23. The number of nitrogens with zero attached hydrogens (tertiary/aromatic N) is 1. The van der Waals surface area contributed by atoms with E-state index in [0.717, 1.165) is 29.3 Å². The predicted molar refractivity (Wildman–Crippen MR) is 122 cm³/mol. The van der Waals surface area contributed by atoms with Crippen molar-refractivity contribution in [1.29, 1.82) is 0 Å². The Labute approximate surface area is 187 Å². The highest BCUT2D eigenvalue weighted by molar-refractivity contribution is 7.89. The summed E-state index contributed by atoms with van der Waals surface area (Å²) in [7, 11) is -2.48. The Morgan fingerprint density at radius 2 is 1.75 bits per heavy atom. The summed E-state index contributed by atoms with van der Waals surface area (Å²) in [5, 5.41) is 0. The Kier molecular flexibility index (Phi) is 7.27. The molecule has 3 aromatic rings. The van der Waals surface area contributed by atoms with Crippen LogP contribution in [0.4, 0.5) is 10.1 Å². The predicted octanol–water partition coefficient (Wildman–Crippen LogP) is 4.29. The van der Waals surface area contributed by atoms with Crippen molar-refractivity contribution in [3.8, 4) is 5.75 Å². The lowest BCUT2D eigenvalue weighted by molar-refractivity contribution is 0.0988. The fourth-order valence-corrected chi connectivity index (χ4v) is 4.15. The van der Waals surface area contributed by atoms with Crippen LogP contribution in [0.5, 0.6) is 5.75 Å². The Bertz CT molecular complexity index is 1210. The van der Waals surface area contributed by atoms with Gasteiger partial charge in [0.15, 0.2) is 0 Å². The average Bonchev–Trinajstić information content (AvgIpc) is 2.78. The van der Waals surface area contributed by atoms with Gasteiger partial charge in [-0.3, -0.25) is 4.79 Å². The first-order valence-electron chi connectivity index (χ1n) is 10.1. The van der Waals surface area contributed by atoms with Crippen LogP contribution in [0.1, 0.15) is 28.4 Å². The van der Waals surface area contributed by atoms with E-state index in [2.05, 4.69) is 4.72 Å². The van der Waals surface area contributed by atoms with E-state index in [9.17, 15) is 17.6 Å². The highest BCUT2D eigenvalue weighted by Gasteiger charge is 2.23. The summed E-state index contributed by atoms with van der Waals surface area (Å²) in [6.07, 6.45) is 0. The molecular weight excluding hydrogens is 431 g/mol. The van der Waals surface area contributed by atoms with Crippen LogP contribution < -0.4 is 14.4 Å². The standard InChI is InChI=1S/C24H25FN2O4S/c1-4-31-23-8-6-5-7-22(23)27(3)24(28)20-15-19(13-14-21(20)25)32(29,30)26-16-18-11-9-17(2)10-12-18/h5-15,26H,4,16H2,1-3H3. The van der Waals surface area contributed by atoms with Crippen LogP contribution in [0.25, 0.3) is 0 Å². The summed E-state index contributed by atoms with van der Waals surface area (Å²) in [6, 6.07) is 17.4. The topological polar surface area (TPSA) is 75.7 Å². The maximum Gasteiger partial charge on any atom is 0.261 e. The smallest absolute Gasteiger partial charge is 0.261 e. The molecule has 3 aromatic carbocycles. The molecule has 0 saturated carbocycles. The molecule has 0 heterocycles. The number of rotatable bonds is 8. The van der Waals surface area contributed by atoms with Crippen LogP contribution in [0, 0.1) is 12.7 Å². The van der Waals surface area contributed by atoms with Crippen LogP contribution >= 0.6 is 0 Å². The molecule has 0 saturated heterocycles. The molecule has 6 nitrogen and oxygen atoms in total. The summed E-state index contributed by atoms with van der Waals surface area (Å²) in [6.45, 7) is 4.23. The number of ether oxygens (including phenoxy) is 1. The maximum atomic E-state index is 14.5. The van der Waals surface area contributed by atoms with Crippen molar-refractivity contribution in [2.75, 3.05) is 18.6 Å². The molecule has 1 N–H and O–H groups in total. The van der Waals surface area contributed by atoms with Crippen molar-refractivity contribution < 1.29 is 22.3 Å². The van der Waals surface area contributed by atoms with Crippen molar-refractivity contribution in [2.24, 2.45) is 0 Å². The van der Waals surface area contributed by atoms with E-state index >= 15 is 0 Å². The average molecular weight is 457 g/mol. The lowest BCUT2D eigenvalue weighted by Crippen LogP contribution is -2.28. The van der Waals surface area contributed by atoms with Crippen molar-refractivity contribution >= 4 is 21.6 Å². The Morgan fingerprint density at radius 1 is 1.06 bits per heavy atom. The third-order valence-electron chi connectivity index (χ3n) is 4.90. The second-order valence-corrected chi connectivity index (χ2v) is 8.98. The molecule has 0 atom stereocenters. The zero-order valence-electron chi connectivity index (χ0n) is 18.1. The van der Waals surface area contributed by atoms with Gasteiger partial charge >= 0.3 is 0 Å². The minimum absolute atomic E-state index is 0.0743. The summed E-state index contributed by atoms with van der Waals surface area (Å²) in [5.41, 5.74) is 1.94. The first-order chi connectivity index (χ1) is 15.2. The van der Waals surface area contributed by atoms with Crippen molar-refractivity contribution in [2.45, 2.75) is 25.3 Å². The number of halogens is 1. The minimum Gasteiger partial charge on any atom is -0.492 e. The van der Waals surface area contributed by atoms with Gasteiger partial charge in [0.2, 0.25) is 10.0 Å². The highest BCUT2D eigenvalue weighted by atomic mass is 32.2. The van der Waals surface area contributed by atoms with Crippen LogP contribution in [0.15, 0.2) is 71.6 Å². The number of aryl methyl sites for hydroxylation is 1. The molecule has 3 rings (SSSR count). The Morgan fingerprint density at radius 3 is 2.44 bits per heavy atom. The van der Waals surface area contributed by atoms with Gasteiger partial charge in [0.25, 0.3) is 5.91 Å². The summed E-state index contributed by atoms with van der Waals surface area (Å²) >= 11 is 0. The van der Waals surface area contributed by atoms with Gasteiger partial charge in [-0.25, -0.2) is 17.5 Å². The number of benzene rings is 3. The van der Waals surface area contributed by atoms with Gasteiger partial charge in [0.1, 0.15) is 11.6 Å². The van der Waals surface area contributed by atoms with Crippen molar-refractivity contribution in [3.05, 3.63) is 89.2 Å². The molecule has 0 aliphatic rings. The zero-order chi connectivity index (χ0) is 23.3. The number of hydrogen-bond acceptors (Lipinski definition) is 4. The normalized spacial score (nSPS) is 11.2. The summed E-state index contributed by atoms with van der Waals surface area (Å²) in [5.74, 6) is -1.03. The fraction of sp³-hybridized carbons (Fsp3) is 0.208. The quantitative estimate of drug-likeness (QED) is 0.549. The molecule has 0 aliphatic heterocycles. The number of anilines is 1. The van der Waals surface area contributed by atoms with Gasteiger partial charge in [0.05, 0.1) is 22.8 Å². The number of amides is 1. The fourth-order valence-electron chi connectivity index (χ4n) is 3.10. The van der Waals surface area contributed by atoms with Crippen LogP contribution in [-0.2, 0) is 16.6 Å². The van der Waals surface area contributed by atoms with E-state index in [-0.39, 0.29) is 17.0 Å². The third kappa shape index (κ3) is 5.33. The lowest BCUT2D eigenvalue weighted by atomic mass is 10.1. The zero-order valence-corrected chi connectivity index (χ0v) is 18.9. The van der Waals surface area contributed by atoms with E-state index in [4.69, 9.17) is 4.74 Å². The van der Waals surface area contributed by atoms with E-state index in [0.29, 0.717) is 18.0 Å². The minimum atomic E-state index is -3.96. The van der Waals surface area contributed by atoms with Crippen LogP contribution in [-0.4, -0.2) is 28.0 Å². The summed E-state index contributed by atoms with van der Waals surface area (Å²) in [4.78, 5) is 14.1. The summed E-state index contributed by atoms with van der Waals surface area (Å²) < 4.78 is 48.1. The number of hydrogen-bond donors (Lipinski definition) is 1.